The number of rotatable bonds is 4. The van der Waals surface area contributed by atoms with Crippen molar-refractivity contribution in [2.24, 2.45) is 0 Å². The van der Waals surface area contributed by atoms with Crippen LogP contribution in [0.5, 0.6) is 0 Å². The van der Waals surface area contributed by atoms with E-state index in [1.54, 1.807) is 6.92 Å². The molecule has 0 unspecified atom stereocenters. The van der Waals surface area contributed by atoms with Gasteiger partial charge in [-0.2, -0.15) is 4.37 Å². The minimum Gasteiger partial charge on any atom is -0.478 e. The fourth-order valence-electron chi connectivity index (χ4n) is 1.50. The van der Waals surface area contributed by atoms with E-state index in [9.17, 15) is 14.0 Å². The standard InChI is InChI=1S/C13H10FN3O3S/c1-7-15-13(21-17-7)16-12(20)9-6-8(2-4-10(9)14)3-5-11(18)19/h2-6H,1H3,(H,18,19)(H,15,16,17,20)/b5-3+. The number of amides is 1. The van der Waals surface area contributed by atoms with E-state index in [2.05, 4.69) is 14.7 Å². The highest BCUT2D eigenvalue weighted by Gasteiger charge is 2.14. The number of nitrogens with zero attached hydrogens (tertiary/aromatic N) is 2. The molecule has 0 radical (unpaired) electrons. The maximum Gasteiger partial charge on any atom is 0.328 e. The van der Waals surface area contributed by atoms with Crippen molar-refractivity contribution in [1.82, 2.24) is 9.36 Å². The number of aryl methyl sites for hydroxylation is 1. The molecule has 0 aliphatic carbocycles. The molecule has 2 rings (SSSR count). The van der Waals surface area contributed by atoms with Gasteiger partial charge in [0, 0.05) is 17.6 Å². The summed E-state index contributed by atoms with van der Waals surface area (Å²) in [5, 5.41) is 11.3. The lowest BCUT2D eigenvalue weighted by molar-refractivity contribution is -0.131. The first kappa shape index (κ1) is 14.8. The van der Waals surface area contributed by atoms with Crippen LogP contribution in [-0.4, -0.2) is 26.3 Å². The summed E-state index contributed by atoms with van der Waals surface area (Å²) in [5.41, 5.74) is 0.202. The van der Waals surface area contributed by atoms with E-state index in [0.29, 0.717) is 11.4 Å². The molecule has 0 saturated heterocycles. The fraction of sp³-hybridized carbons (Fsp3) is 0.0769. The zero-order chi connectivity index (χ0) is 15.4. The molecule has 1 amide bonds. The number of carbonyl (C=O) groups is 2. The minimum absolute atomic E-state index is 0.199. The number of aromatic nitrogens is 2. The van der Waals surface area contributed by atoms with Crippen LogP contribution >= 0.6 is 11.5 Å². The average Bonchev–Trinajstić information content (AvgIpc) is 2.83. The molecule has 1 aromatic heterocycles. The van der Waals surface area contributed by atoms with Crippen LogP contribution in [0, 0.1) is 12.7 Å². The topological polar surface area (TPSA) is 92.2 Å². The van der Waals surface area contributed by atoms with Crippen molar-refractivity contribution < 1.29 is 19.1 Å². The van der Waals surface area contributed by atoms with Gasteiger partial charge >= 0.3 is 5.97 Å². The second-order valence-corrected chi connectivity index (χ2v) is 4.76. The lowest BCUT2D eigenvalue weighted by atomic mass is 10.1. The Morgan fingerprint density at radius 3 is 2.81 bits per heavy atom. The second-order valence-electron chi connectivity index (χ2n) is 4.01. The van der Waals surface area contributed by atoms with Crippen LogP contribution in [-0.2, 0) is 4.79 Å². The van der Waals surface area contributed by atoms with E-state index in [1.807, 2.05) is 0 Å². The van der Waals surface area contributed by atoms with Gasteiger partial charge < -0.3 is 5.11 Å². The first-order chi connectivity index (χ1) is 9.95. The zero-order valence-electron chi connectivity index (χ0n) is 10.8. The number of carboxylic acid groups (broad SMARTS) is 1. The van der Waals surface area contributed by atoms with Crippen LogP contribution in [0.3, 0.4) is 0 Å². The van der Waals surface area contributed by atoms with Gasteiger partial charge in [-0.05, 0) is 30.7 Å². The smallest absolute Gasteiger partial charge is 0.328 e. The van der Waals surface area contributed by atoms with Crippen molar-refractivity contribution in [3.63, 3.8) is 0 Å². The molecule has 0 bridgehead atoms. The molecule has 1 heterocycles. The van der Waals surface area contributed by atoms with E-state index < -0.39 is 17.7 Å². The normalized spacial score (nSPS) is 10.8. The number of anilines is 1. The molecule has 2 aromatic rings. The largest absolute Gasteiger partial charge is 0.478 e. The van der Waals surface area contributed by atoms with Crippen LogP contribution in [0.4, 0.5) is 9.52 Å². The van der Waals surface area contributed by atoms with Crippen LogP contribution in [0.15, 0.2) is 24.3 Å². The van der Waals surface area contributed by atoms with Gasteiger partial charge in [0.2, 0.25) is 5.13 Å². The van der Waals surface area contributed by atoms with E-state index in [4.69, 9.17) is 5.11 Å². The van der Waals surface area contributed by atoms with Crippen molar-refractivity contribution in [2.75, 3.05) is 5.32 Å². The molecule has 21 heavy (non-hydrogen) atoms. The summed E-state index contributed by atoms with van der Waals surface area (Å²) in [6.45, 7) is 1.67. The molecular formula is C13H10FN3O3S. The zero-order valence-corrected chi connectivity index (χ0v) is 11.6. The van der Waals surface area contributed by atoms with Gasteiger partial charge in [-0.25, -0.2) is 14.2 Å². The molecule has 6 nitrogen and oxygen atoms in total. The van der Waals surface area contributed by atoms with Gasteiger partial charge in [0.25, 0.3) is 5.91 Å². The molecule has 2 N–H and O–H groups in total. The Labute approximate surface area is 123 Å². The van der Waals surface area contributed by atoms with Gasteiger partial charge in [-0.3, -0.25) is 10.1 Å². The van der Waals surface area contributed by atoms with Crippen LogP contribution < -0.4 is 5.32 Å². The predicted octanol–water partition coefficient (Wildman–Crippen LogP) is 2.34. The molecule has 108 valence electrons. The number of halogens is 1. The second kappa shape index (κ2) is 6.23. The van der Waals surface area contributed by atoms with E-state index >= 15 is 0 Å². The van der Waals surface area contributed by atoms with Crippen LogP contribution in [0.2, 0.25) is 0 Å². The highest BCUT2D eigenvalue weighted by atomic mass is 32.1. The predicted molar refractivity (Wildman–Crippen MR) is 75.7 cm³/mol. The summed E-state index contributed by atoms with van der Waals surface area (Å²) in [7, 11) is 0. The molecule has 8 heteroatoms. The number of carboxylic acids is 1. The molecule has 0 aliphatic rings. The summed E-state index contributed by atoms with van der Waals surface area (Å²) in [4.78, 5) is 26.4. The third kappa shape index (κ3) is 3.93. The summed E-state index contributed by atoms with van der Waals surface area (Å²) in [6.07, 6.45) is 2.18. The average molecular weight is 307 g/mol. The Morgan fingerprint density at radius 1 is 1.43 bits per heavy atom. The monoisotopic (exact) mass is 307 g/mol. The van der Waals surface area contributed by atoms with Crippen LogP contribution in [0.25, 0.3) is 6.08 Å². The molecule has 0 aliphatic heterocycles. The summed E-state index contributed by atoms with van der Waals surface area (Å²) >= 11 is 0.990. The summed E-state index contributed by atoms with van der Waals surface area (Å²) in [6, 6.07) is 3.74. The number of aliphatic carboxylic acids is 1. The molecule has 0 saturated carbocycles. The third-order valence-electron chi connectivity index (χ3n) is 2.40. The van der Waals surface area contributed by atoms with Crippen molar-refractivity contribution in [3.05, 3.63) is 47.0 Å². The van der Waals surface area contributed by atoms with E-state index in [1.165, 1.54) is 18.2 Å². The lowest BCUT2D eigenvalue weighted by Crippen LogP contribution is -2.13. The van der Waals surface area contributed by atoms with Crippen molar-refractivity contribution in [1.29, 1.82) is 0 Å². The molecule has 1 aromatic carbocycles. The Bertz CT molecular complexity index is 727. The number of nitrogens with one attached hydrogen (secondary N) is 1. The number of hydrogen-bond donors (Lipinski definition) is 2. The Balaban J connectivity index is 2.23. The first-order valence-electron chi connectivity index (χ1n) is 5.78. The van der Waals surface area contributed by atoms with Crippen molar-refractivity contribution in [2.45, 2.75) is 6.92 Å². The first-order valence-corrected chi connectivity index (χ1v) is 6.55. The van der Waals surface area contributed by atoms with Gasteiger partial charge in [0.15, 0.2) is 0 Å². The lowest BCUT2D eigenvalue weighted by Gasteiger charge is -2.04. The van der Waals surface area contributed by atoms with Crippen molar-refractivity contribution in [3.8, 4) is 0 Å². The fourth-order valence-corrected chi connectivity index (χ4v) is 2.07. The molecule has 0 fully saturated rings. The van der Waals surface area contributed by atoms with Crippen LogP contribution in [0.1, 0.15) is 21.7 Å². The van der Waals surface area contributed by atoms with E-state index in [-0.39, 0.29) is 10.7 Å². The van der Waals surface area contributed by atoms with Gasteiger partial charge in [-0.1, -0.05) is 6.07 Å². The minimum atomic E-state index is -1.13. The van der Waals surface area contributed by atoms with E-state index in [0.717, 1.165) is 23.7 Å². The Kier molecular flexibility index (Phi) is 4.39. The SMILES string of the molecule is Cc1nsc(NC(=O)c2cc(/C=C/C(=O)O)ccc2F)n1. The highest BCUT2D eigenvalue weighted by molar-refractivity contribution is 7.09. The van der Waals surface area contributed by atoms with Crippen molar-refractivity contribution >= 4 is 34.6 Å². The molecular weight excluding hydrogens is 297 g/mol. The Morgan fingerprint density at radius 2 is 2.19 bits per heavy atom. The highest BCUT2D eigenvalue weighted by Crippen LogP contribution is 2.16. The van der Waals surface area contributed by atoms with Gasteiger partial charge in [-0.15, -0.1) is 0 Å². The van der Waals surface area contributed by atoms with Gasteiger partial charge in [0.05, 0.1) is 5.56 Å². The third-order valence-corrected chi connectivity index (χ3v) is 3.12. The molecule has 0 spiro atoms. The van der Waals surface area contributed by atoms with Gasteiger partial charge in [0.1, 0.15) is 11.6 Å². The summed E-state index contributed by atoms with van der Waals surface area (Å²) < 4.78 is 17.6. The molecule has 0 atom stereocenters. The number of benzene rings is 1. The summed E-state index contributed by atoms with van der Waals surface area (Å²) in [5.74, 6) is -2.00. The Hall–Kier alpha value is -2.61. The maximum absolute atomic E-state index is 13.7. The number of hydrogen-bond acceptors (Lipinski definition) is 5. The quantitative estimate of drug-likeness (QED) is 0.846. The maximum atomic E-state index is 13.7. The number of carbonyl (C=O) groups excluding carboxylic acids is 1.